The van der Waals surface area contributed by atoms with Crippen LogP contribution in [0.2, 0.25) is 0 Å². The predicted octanol–water partition coefficient (Wildman–Crippen LogP) is 14.3. The van der Waals surface area contributed by atoms with Crippen molar-refractivity contribution in [2.45, 2.75) is 0 Å². The second-order valence-electron chi connectivity index (χ2n) is 15.3. The summed E-state index contributed by atoms with van der Waals surface area (Å²) in [4.78, 5) is 25.8. The van der Waals surface area contributed by atoms with Gasteiger partial charge < -0.3 is 0 Å². The number of nitrogens with zero attached hydrogens (tertiary/aromatic N) is 5. The fourth-order valence-corrected chi connectivity index (χ4v) is 8.21. The molecule has 11 aromatic rings. The fraction of sp³-hybridized carbons (Fsp3) is 0. The highest BCUT2D eigenvalue weighted by Crippen LogP contribution is 2.35. The smallest absolute Gasteiger partial charge is 0.164 e. The Morgan fingerprint density at radius 3 is 1.21 bits per heavy atom. The Morgan fingerprint density at radius 1 is 0.210 bits per heavy atom. The first kappa shape index (κ1) is 36.7. The van der Waals surface area contributed by atoms with Crippen LogP contribution in [0.3, 0.4) is 0 Å². The molecule has 5 heteroatoms. The number of rotatable bonds is 8. The minimum Gasteiger partial charge on any atom is -0.228 e. The van der Waals surface area contributed by atoms with Crippen molar-refractivity contribution in [2.75, 3.05) is 0 Å². The van der Waals surface area contributed by atoms with Gasteiger partial charge in [-0.3, -0.25) is 0 Å². The maximum Gasteiger partial charge on any atom is 0.164 e. The van der Waals surface area contributed by atoms with E-state index in [0.717, 1.165) is 83.0 Å². The van der Waals surface area contributed by atoms with E-state index in [2.05, 4.69) is 200 Å². The normalized spacial score (nSPS) is 11.2. The van der Waals surface area contributed by atoms with E-state index >= 15 is 0 Å². The van der Waals surface area contributed by atoms with Crippen LogP contribution < -0.4 is 0 Å². The first-order chi connectivity index (χ1) is 30.7. The van der Waals surface area contributed by atoms with Gasteiger partial charge in [-0.05, 0) is 62.0 Å². The third-order valence-electron chi connectivity index (χ3n) is 11.4. The summed E-state index contributed by atoms with van der Waals surface area (Å²) in [5.41, 5.74) is 11.9. The Balaban J connectivity index is 1.01. The van der Waals surface area contributed by atoms with E-state index in [-0.39, 0.29) is 0 Å². The summed E-state index contributed by atoms with van der Waals surface area (Å²) in [7, 11) is 0. The lowest BCUT2D eigenvalue weighted by Gasteiger charge is -2.13. The average molecular weight is 792 g/mol. The molecule has 0 spiro atoms. The van der Waals surface area contributed by atoms with Crippen molar-refractivity contribution in [3.63, 3.8) is 0 Å². The monoisotopic (exact) mass is 791 g/mol. The van der Waals surface area contributed by atoms with Crippen LogP contribution in [-0.4, -0.2) is 24.9 Å². The van der Waals surface area contributed by atoms with Crippen LogP contribution in [0, 0.1) is 0 Å². The molecular weight excluding hydrogens is 755 g/mol. The highest BCUT2D eigenvalue weighted by atomic mass is 15.0. The molecule has 0 fully saturated rings. The van der Waals surface area contributed by atoms with Gasteiger partial charge in [-0.25, -0.2) is 24.9 Å². The van der Waals surface area contributed by atoms with Crippen molar-refractivity contribution in [3.8, 4) is 90.3 Å². The highest BCUT2D eigenvalue weighted by molar-refractivity contribution is 5.97. The zero-order valence-electron chi connectivity index (χ0n) is 33.6. The van der Waals surface area contributed by atoms with E-state index in [1.165, 1.54) is 5.56 Å². The molecule has 62 heavy (non-hydrogen) atoms. The van der Waals surface area contributed by atoms with Crippen LogP contribution in [0.15, 0.2) is 224 Å². The van der Waals surface area contributed by atoms with Gasteiger partial charge in [0.15, 0.2) is 23.3 Å². The molecule has 0 atom stereocenters. The molecule has 2 aromatic heterocycles. The van der Waals surface area contributed by atoms with E-state index in [4.69, 9.17) is 24.9 Å². The van der Waals surface area contributed by atoms with E-state index in [9.17, 15) is 0 Å². The van der Waals surface area contributed by atoms with Crippen LogP contribution in [0.1, 0.15) is 0 Å². The lowest BCUT2D eigenvalue weighted by atomic mass is 9.98. The Hall–Kier alpha value is -8.41. The molecule has 0 amide bonds. The number of aromatic nitrogens is 5. The maximum atomic E-state index is 5.19. The van der Waals surface area contributed by atoms with Gasteiger partial charge in [-0.15, -0.1) is 0 Å². The minimum absolute atomic E-state index is 0.607. The molecule has 0 bridgehead atoms. The summed E-state index contributed by atoms with van der Waals surface area (Å²) in [5.74, 6) is 2.54. The summed E-state index contributed by atoms with van der Waals surface area (Å²) >= 11 is 0. The first-order valence-corrected chi connectivity index (χ1v) is 20.7. The Bertz CT molecular complexity index is 3290. The Morgan fingerprint density at radius 2 is 0.597 bits per heavy atom. The molecule has 0 aliphatic rings. The fourth-order valence-electron chi connectivity index (χ4n) is 8.21. The third kappa shape index (κ3) is 7.18. The van der Waals surface area contributed by atoms with Crippen molar-refractivity contribution in [3.05, 3.63) is 224 Å². The van der Waals surface area contributed by atoms with Crippen molar-refractivity contribution >= 4 is 21.5 Å². The molecule has 0 aliphatic carbocycles. The summed E-state index contributed by atoms with van der Waals surface area (Å²) in [6.07, 6.45) is 0. The zero-order chi connectivity index (χ0) is 41.2. The van der Waals surface area contributed by atoms with Crippen molar-refractivity contribution in [1.82, 2.24) is 24.9 Å². The lowest BCUT2D eigenvalue weighted by molar-refractivity contribution is 1.08. The number of hydrogen-bond acceptors (Lipinski definition) is 5. The van der Waals surface area contributed by atoms with E-state index in [0.29, 0.717) is 23.3 Å². The van der Waals surface area contributed by atoms with E-state index < -0.39 is 0 Å². The van der Waals surface area contributed by atoms with E-state index in [1.54, 1.807) is 0 Å². The molecular formula is C57H37N5. The highest BCUT2D eigenvalue weighted by Gasteiger charge is 2.17. The summed E-state index contributed by atoms with van der Waals surface area (Å²) < 4.78 is 0. The molecule has 2 heterocycles. The predicted molar refractivity (Wildman–Crippen MR) is 254 cm³/mol. The van der Waals surface area contributed by atoms with Gasteiger partial charge in [0.25, 0.3) is 0 Å². The molecule has 11 rings (SSSR count). The lowest BCUT2D eigenvalue weighted by Crippen LogP contribution is -2.01. The average Bonchev–Trinajstić information content (AvgIpc) is 3.36. The Labute approximate surface area is 359 Å². The molecule has 290 valence electrons. The van der Waals surface area contributed by atoms with Crippen LogP contribution in [-0.2, 0) is 0 Å². The SMILES string of the molecule is c1ccc(-c2ccc(-c3nc(-c4ccccc4)cc(-c4cccc(-c5cccc(-c6nc(-c7cccc8ccccc78)nc(-c7cccc8ccccc78)n6)c5)c4)n3)cc2)cc1. The van der Waals surface area contributed by atoms with Crippen LogP contribution in [0.4, 0.5) is 0 Å². The molecule has 5 nitrogen and oxygen atoms in total. The maximum absolute atomic E-state index is 5.19. The largest absolute Gasteiger partial charge is 0.228 e. The van der Waals surface area contributed by atoms with Gasteiger partial charge in [-0.1, -0.05) is 206 Å². The van der Waals surface area contributed by atoms with Gasteiger partial charge in [0, 0.05) is 33.4 Å². The molecule has 0 saturated heterocycles. The third-order valence-corrected chi connectivity index (χ3v) is 11.4. The van der Waals surface area contributed by atoms with Crippen LogP contribution in [0.5, 0.6) is 0 Å². The topological polar surface area (TPSA) is 64.5 Å². The van der Waals surface area contributed by atoms with Crippen LogP contribution >= 0.6 is 0 Å². The molecule has 0 radical (unpaired) electrons. The van der Waals surface area contributed by atoms with Crippen LogP contribution in [0.25, 0.3) is 112 Å². The minimum atomic E-state index is 0.607. The molecule has 0 N–H and O–H groups in total. The summed E-state index contributed by atoms with van der Waals surface area (Å²) in [6.45, 7) is 0. The summed E-state index contributed by atoms with van der Waals surface area (Å²) in [6, 6.07) is 77.6. The van der Waals surface area contributed by atoms with Gasteiger partial charge in [0.2, 0.25) is 0 Å². The first-order valence-electron chi connectivity index (χ1n) is 20.7. The van der Waals surface area contributed by atoms with Crippen molar-refractivity contribution in [2.24, 2.45) is 0 Å². The number of fused-ring (bicyclic) bond motifs is 2. The number of hydrogen-bond donors (Lipinski definition) is 0. The van der Waals surface area contributed by atoms with Gasteiger partial charge in [-0.2, -0.15) is 0 Å². The Kier molecular flexibility index (Phi) is 9.45. The van der Waals surface area contributed by atoms with Gasteiger partial charge in [0.1, 0.15) is 0 Å². The second-order valence-corrected chi connectivity index (χ2v) is 15.3. The standard InChI is InChI=1S/C57H37N5/c1-3-15-38(16-4-1)39-31-33-43(34-32-39)54-58-52(42-19-5-2-6-20-42)37-53(59-54)46-25-11-23-44(35-46)45-24-12-26-47(36-45)55-60-56(50-29-13-21-40-17-7-9-27-48(40)50)62-57(61-55)51-30-14-22-41-18-8-10-28-49(41)51/h1-37H. The molecule has 0 aliphatic heterocycles. The molecule has 9 aromatic carbocycles. The summed E-state index contributed by atoms with van der Waals surface area (Å²) in [5, 5.41) is 4.45. The van der Waals surface area contributed by atoms with Gasteiger partial charge >= 0.3 is 0 Å². The number of benzene rings is 9. The molecule has 0 unspecified atom stereocenters. The quantitative estimate of drug-likeness (QED) is 0.153. The van der Waals surface area contributed by atoms with Crippen molar-refractivity contribution < 1.29 is 0 Å². The molecule has 0 saturated carbocycles. The van der Waals surface area contributed by atoms with Crippen molar-refractivity contribution in [1.29, 1.82) is 0 Å². The van der Waals surface area contributed by atoms with Gasteiger partial charge in [0.05, 0.1) is 11.4 Å². The zero-order valence-corrected chi connectivity index (χ0v) is 33.6. The van der Waals surface area contributed by atoms with E-state index in [1.807, 2.05) is 24.3 Å². The second kappa shape index (κ2) is 16.0.